The number of nitrogens with two attached hydrogens (primary N) is 1. The van der Waals surface area contributed by atoms with Gasteiger partial charge in [-0.25, -0.2) is 9.97 Å². The Balaban J connectivity index is 2.20. The fourth-order valence-corrected chi connectivity index (χ4v) is 2.31. The zero-order chi connectivity index (χ0) is 13.9. The number of aryl methyl sites for hydroxylation is 1. The van der Waals surface area contributed by atoms with Crippen molar-refractivity contribution in [3.8, 4) is 11.4 Å². The minimum absolute atomic E-state index is 0.506. The van der Waals surface area contributed by atoms with Gasteiger partial charge in [-0.1, -0.05) is 31.5 Å². The number of anilines is 1. The summed E-state index contributed by atoms with van der Waals surface area (Å²) in [6, 6.07) is 11.8. The lowest BCUT2D eigenvalue weighted by Gasteiger charge is -2.07. The highest BCUT2D eigenvalue weighted by atomic mass is 14.9. The van der Waals surface area contributed by atoms with Gasteiger partial charge in [0.25, 0.3) is 0 Å². The van der Waals surface area contributed by atoms with Crippen LogP contribution in [0, 0.1) is 0 Å². The molecule has 20 heavy (non-hydrogen) atoms. The van der Waals surface area contributed by atoms with Crippen LogP contribution in [0.4, 0.5) is 5.82 Å². The SMILES string of the molecule is CCCc1cc(N)nc(-c2cccc3cccnc23)n1. The molecule has 0 aliphatic rings. The molecule has 0 aliphatic heterocycles. The van der Waals surface area contributed by atoms with E-state index in [-0.39, 0.29) is 0 Å². The van der Waals surface area contributed by atoms with E-state index in [1.165, 1.54) is 0 Å². The van der Waals surface area contributed by atoms with Crippen LogP contribution < -0.4 is 5.73 Å². The number of nitrogen functional groups attached to an aromatic ring is 1. The van der Waals surface area contributed by atoms with Crippen molar-refractivity contribution in [3.63, 3.8) is 0 Å². The second-order valence-corrected chi connectivity index (χ2v) is 4.74. The van der Waals surface area contributed by atoms with Gasteiger partial charge in [0.1, 0.15) is 5.82 Å². The molecule has 4 heteroatoms. The smallest absolute Gasteiger partial charge is 0.163 e. The average Bonchev–Trinajstić information content (AvgIpc) is 2.46. The summed E-state index contributed by atoms with van der Waals surface area (Å²) in [5, 5.41) is 1.08. The number of fused-ring (bicyclic) bond motifs is 1. The molecule has 1 aromatic carbocycles. The number of rotatable bonds is 3. The highest BCUT2D eigenvalue weighted by Gasteiger charge is 2.09. The van der Waals surface area contributed by atoms with Crippen molar-refractivity contribution in [2.75, 3.05) is 5.73 Å². The topological polar surface area (TPSA) is 64.7 Å². The molecule has 0 saturated heterocycles. The summed E-state index contributed by atoms with van der Waals surface area (Å²) in [4.78, 5) is 13.4. The fourth-order valence-electron chi connectivity index (χ4n) is 2.31. The fraction of sp³-hybridized carbons (Fsp3) is 0.188. The normalized spacial score (nSPS) is 10.8. The lowest BCUT2D eigenvalue weighted by molar-refractivity contribution is 0.877. The molecule has 100 valence electrons. The Bertz CT molecular complexity index is 747. The largest absolute Gasteiger partial charge is 0.384 e. The van der Waals surface area contributed by atoms with Crippen LogP contribution in [0.15, 0.2) is 42.6 Å². The van der Waals surface area contributed by atoms with Crippen LogP contribution >= 0.6 is 0 Å². The van der Waals surface area contributed by atoms with E-state index in [1.54, 1.807) is 6.20 Å². The van der Waals surface area contributed by atoms with Crippen LogP contribution in [0.5, 0.6) is 0 Å². The van der Waals surface area contributed by atoms with Crippen molar-refractivity contribution in [3.05, 3.63) is 48.3 Å². The van der Waals surface area contributed by atoms with Gasteiger partial charge in [0.15, 0.2) is 5.82 Å². The number of nitrogens with zero attached hydrogens (tertiary/aromatic N) is 3. The Morgan fingerprint density at radius 1 is 1.10 bits per heavy atom. The van der Waals surface area contributed by atoms with Crippen LogP contribution in [0.2, 0.25) is 0 Å². The quantitative estimate of drug-likeness (QED) is 0.788. The van der Waals surface area contributed by atoms with Crippen molar-refractivity contribution < 1.29 is 0 Å². The van der Waals surface area contributed by atoms with Crippen molar-refractivity contribution in [1.29, 1.82) is 0 Å². The first-order chi connectivity index (χ1) is 9.78. The van der Waals surface area contributed by atoms with E-state index in [2.05, 4.69) is 21.9 Å². The van der Waals surface area contributed by atoms with Gasteiger partial charge < -0.3 is 5.73 Å². The third-order valence-corrected chi connectivity index (χ3v) is 3.18. The molecule has 4 nitrogen and oxygen atoms in total. The molecule has 3 aromatic rings. The molecule has 0 amide bonds. The van der Waals surface area contributed by atoms with E-state index < -0.39 is 0 Å². The maximum atomic E-state index is 5.90. The third-order valence-electron chi connectivity index (χ3n) is 3.18. The summed E-state index contributed by atoms with van der Waals surface area (Å²) in [7, 11) is 0. The Kier molecular flexibility index (Phi) is 3.29. The molecule has 2 heterocycles. The average molecular weight is 264 g/mol. The lowest BCUT2D eigenvalue weighted by atomic mass is 10.1. The van der Waals surface area contributed by atoms with Gasteiger partial charge >= 0.3 is 0 Å². The van der Waals surface area contributed by atoms with E-state index in [4.69, 9.17) is 5.73 Å². The van der Waals surface area contributed by atoms with E-state index in [0.29, 0.717) is 11.6 Å². The standard InChI is InChI=1S/C16H16N4/c1-2-5-12-10-14(17)20-16(19-12)13-8-3-6-11-7-4-9-18-15(11)13/h3-4,6-10H,2,5H2,1H3,(H2,17,19,20). The Hall–Kier alpha value is -2.49. The minimum Gasteiger partial charge on any atom is -0.384 e. The maximum absolute atomic E-state index is 5.90. The van der Waals surface area contributed by atoms with Gasteiger partial charge in [0.2, 0.25) is 0 Å². The van der Waals surface area contributed by atoms with Crippen LogP contribution in [0.25, 0.3) is 22.3 Å². The van der Waals surface area contributed by atoms with E-state index >= 15 is 0 Å². The zero-order valence-electron chi connectivity index (χ0n) is 11.4. The van der Waals surface area contributed by atoms with Gasteiger partial charge in [-0.2, -0.15) is 0 Å². The van der Waals surface area contributed by atoms with Crippen molar-refractivity contribution in [2.24, 2.45) is 0 Å². The van der Waals surface area contributed by atoms with Gasteiger partial charge in [-0.05, 0) is 18.6 Å². The highest BCUT2D eigenvalue weighted by Crippen LogP contribution is 2.25. The summed E-state index contributed by atoms with van der Waals surface area (Å²) >= 11 is 0. The molecule has 0 bridgehead atoms. The minimum atomic E-state index is 0.506. The van der Waals surface area contributed by atoms with Gasteiger partial charge in [-0.15, -0.1) is 0 Å². The van der Waals surface area contributed by atoms with E-state index in [0.717, 1.165) is 35.0 Å². The van der Waals surface area contributed by atoms with Crippen LogP contribution in [-0.2, 0) is 6.42 Å². The first-order valence-electron chi connectivity index (χ1n) is 6.75. The molecule has 2 N–H and O–H groups in total. The molecule has 2 aromatic heterocycles. The number of pyridine rings is 1. The van der Waals surface area contributed by atoms with Gasteiger partial charge in [0.05, 0.1) is 5.52 Å². The van der Waals surface area contributed by atoms with Crippen molar-refractivity contribution in [2.45, 2.75) is 19.8 Å². The van der Waals surface area contributed by atoms with Gasteiger partial charge in [0, 0.05) is 28.9 Å². The van der Waals surface area contributed by atoms with E-state index in [1.807, 2.05) is 36.4 Å². The Morgan fingerprint density at radius 2 is 1.95 bits per heavy atom. The number of benzene rings is 1. The second kappa shape index (κ2) is 5.25. The summed E-state index contributed by atoms with van der Waals surface area (Å²) < 4.78 is 0. The van der Waals surface area contributed by atoms with Crippen molar-refractivity contribution >= 4 is 16.7 Å². The van der Waals surface area contributed by atoms with Crippen LogP contribution in [0.3, 0.4) is 0 Å². The molecular formula is C16H16N4. The third kappa shape index (κ3) is 2.32. The van der Waals surface area contributed by atoms with Gasteiger partial charge in [-0.3, -0.25) is 4.98 Å². The first-order valence-corrected chi connectivity index (χ1v) is 6.75. The number of para-hydroxylation sites is 1. The lowest BCUT2D eigenvalue weighted by Crippen LogP contribution is -2.01. The number of aromatic nitrogens is 3. The Labute approximate surface area is 117 Å². The number of hydrogen-bond acceptors (Lipinski definition) is 4. The van der Waals surface area contributed by atoms with Crippen molar-refractivity contribution in [1.82, 2.24) is 15.0 Å². The summed E-state index contributed by atoms with van der Waals surface area (Å²) in [6.45, 7) is 2.12. The molecule has 0 spiro atoms. The molecule has 3 rings (SSSR count). The molecule has 0 atom stereocenters. The van der Waals surface area contributed by atoms with E-state index in [9.17, 15) is 0 Å². The molecule has 0 fully saturated rings. The molecule has 0 unspecified atom stereocenters. The van der Waals surface area contributed by atoms with Crippen LogP contribution in [-0.4, -0.2) is 15.0 Å². The van der Waals surface area contributed by atoms with Crippen LogP contribution in [0.1, 0.15) is 19.0 Å². The summed E-state index contributed by atoms with van der Waals surface area (Å²) in [6.07, 6.45) is 3.71. The predicted molar refractivity (Wildman–Crippen MR) is 81.2 cm³/mol. The summed E-state index contributed by atoms with van der Waals surface area (Å²) in [5.74, 6) is 1.16. The monoisotopic (exact) mass is 264 g/mol. The zero-order valence-corrected chi connectivity index (χ0v) is 11.4. The maximum Gasteiger partial charge on any atom is 0.163 e. The highest BCUT2D eigenvalue weighted by molar-refractivity contribution is 5.91. The first kappa shape index (κ1) is 12.5. The molecule has 0 radical (unpaired) electrons. The molecular weight excluding hydrogens is 248 g/mol. The number of hydrogen-bond donors (Lipinski definition) is 1. The Morgan fingerprint density at radius 3 is 2.80 bits per heavy atom. The second-order valence-electron chi connectivity index (χ2n) is 4.74. The molecule has 0 saturated carbocycles. The molecule has 0 aliphatic carbocycles. The summed E-state index contributed by atoms with van der Waals surface area (Å²) in [5.41, 5.74) is 8.70. The predicted octanol–water partition coefficient (Wildman–Crippen LogP) is 3.23.